The van der Waals surface area contributed by atoms with Gasteiger partial charge < -0.3 is 11.1 Å². The number of pyridine rings is 3. The second-order valence-corrected chi connectivity index (χ2v) is 6.69. The van der Waals surface area contributed by atoms with Crippen molar-refractivity contribution in [2.45, 2.75) is 20.3 Å². The fourth-order valence-electron chi connectivity index (χ4n) is 3.02. The molecular weight excluding hydrogens is 373 g/mol. The molecule has 1 amide bonds. The third-order valence-electron chi connectivity index (χ3n) is 4.46. The van der Waals surface area contributed by atoms with E-state index in [-0.39, 0.29) is 12.1 Å². The van der Waals surface area contributed by atoms with Crippen molar-refractivity contribution in [3.63, 3.8) is 0 Å². The predicted molar refractivity (Wildman–Crippen MR) is 107 cm³/mol. The Bertz CT molecular complexity index is 1230. The van der Waals surface area contributed by atoms with Crippen molar-refractivity contribution in [3.05, 3.63) is 59.4 Å². The van der Waals surface area contributed by atoms with Gasteiger partial charge in [-0.3, -0.25) is 19.9 Å². The summed E-state index contributed by atoms with van der Waals surface area (Å²) in [6.45, 7) is 3.69. The van der Waals surface area contributed by atoms with Crippen LogP contribution in [0.1, 0.15) is 17.0 Å². The number of aromatic nitrogens is 5. The maximum absolute atomic E-state index is 14.2. The van der Waals surface area contributed by atoms with E-state index in [4.69, 9.17) is 5.73 Å². The minimum absolute atomic E-state index is 0.0176. The van der Waals surface area contributed by atoms with Gasteiger partial charge in [0.2, 0.25) is 5.91 Å². The van der Waals surface area contributed by atoms with Gasteiger partial charge in [-0.25, -0.2) is 9.37 Å². The lowest BCUT2D eigenvalue weighted by Crippen LogP contribution is -2.14. The van der Waals surface area contributed by atoms with Crippen molar-refractivity contribution in [1.29, 1.82) is 0 Å². The number of nitrogens with one attached hydrogen (secondary N) is 2. The lowest BCUT2D eigenvalue weighted by Gasteiger charge is -2.12. The maximum atomic E-state index is 14.2. The Labute approximate surface area is 165 Å². The Kier molecular flexibility index (Phi) is 4.63. The van der Waals surface area contributed by atoms with Crippen LogP contribution in [0.25, 0.3) is 22.4 Å². The highest BCUT2D eigenvalue weighted by Gasteiger charge is 2.15. The molecule has 4 rings (SSSR count). The highest BCUT2D eigenvalue weighted by atomic mass is 19.1. The van der Waals surface area contributed by atoms with Crippen molar-refractivity contribution < 1.29 is 9.18 Å². The lowest BCUT2D eigenvalue weighted by molar-refractivity contribution is -0.117. The number of fused-ring (bicyclic) bond motifs is 1. The number of carbonyl (C=O) groups is 1. The molecule has 0 unspecified atom stereocenters. The summed E-state index contributed by atoms with van der Waals surface area (Å²) in [7, 11) is 0. The van der Waals surface area contributed by atoms with Crippen molar-refractivity contribution in [1.82, 2.24) is 25.1 Å². The summed E-state index contributed by atoms with van der Waals surface area (Å²) in [5.41, 5.74) is 10.5. The monoisotopic (exact) mass is 391 g/mol. The standard InChI is InChI=1S/C20H18FN7O/c1-10-9-24-15(18-12(21)4-3-11(2)25-18)7-14(10)26-13-5-6-23-19-16(8-17(22)29)27-28-20(13)19/h3-7,9H,8H2,1-2H3,(H2,22,29)(H,27,28)(H,23,24,26). The first-order valence-electron chi connectivity index (χ1n) is 8.90. The number of H-pyrrole nitrogens is 1. The van der Waals surface area contributed by atoms with Crippen molar-refractivity contribution in [2.75, 3.05) is 5.32 Å². The van der Waals surface area contributed by atoms with Crippen LogP contribution in [0.4, 0.5) is 15.8 Å². The molecule has 0 fully saturated rings. The molecule has 0 aliphatic heterocycles. The molecule has 4 heterocycles. The molecule has 8 nitrogen and oxygen atoms in total. The summed E-state index contributed by atoms with van der Waals surface area (Å²) in [6.07, 6.45) is 3.29. The van der Waals surface area contributed by atoms with Gasteiger partial charge in [-0.05, 0) is 43.7 Å². The van der Waals surface area contributed by atoms with E-state index in [1.165, 1.54) is 6.07 Å². The first-order valence-corrected chi connectivity index (χ1v) is 8.90. The van der Waals surface area contributed by atoms with Crippen LogP contribution in [0.5, 0.6) is 0 Å². The Morgan fingerprint density at radius 2 is 2.00 bits per heavy atom. The van der Waals surface area contributed by atoms with E-state index in [1.54, 1.807) is 37.5 Å². The first-order chi connectivity index (χ1) is 13.9. The second kappa shape index (κ2) is 7.27. The number of nitrogens with zero attached hydrogens (tertiary/aromatic N) is 4. The summed E-state index contributed by atoms with van der Waals surface area (Å²) in [5, 5.41) is 10.4. The van der Waals surface area contributed by atoms with Gasteiger partial charge in [0.15, 0.2) is 5.82 Å². The number of aryl methyl sites for hydroxylation is 2. The van der Waals surface area contributed by atoms with Crippen LogP contribution in [0.15, 0.2) is 36.7 Å². The van der Waals surface area contributed by atoms with Gasteiger partial charge in [0.1, 0.15) is 16.7 Å². The first kappa shape index (κ1) is 18.5. The van der Waals surface area contributed by atoms with Crippen LogP contribution in [0.3, 0.4) is 0 Å². The number of hydrogen-bond acceptors (Lipinski definition) is 6. The topological polar surface area (TPSA) is 122 Å². The summed E-state index contributed by atoms with van der Waals surface area (Å²) in [6, 6.07) is 6.50. The number of nitrogens with two attached hydrogens (primary N) is 1. The van der Waals surface area contributed by atoms with E-state index < -0.39 is 11.7 Å². The SMILES string of the molecule is Cc1ccc(F)c(-c2cc(Nc3ccnc4c(CC(N)=O)[nH]nc34)c(C)cn2)n1. The van der Waals surface area contributed by atoms with Gasteiger partial charge in [-0.15, -0.1) is 0 Å². The average molecular weight is 391 g/mol. The normalized spacial score (nSPS) is 11.0. The summed E-state index contributed by atoms with van der Waals surface area (Å²) >= 11 is 0. The highest BCUT2D eigenvalue weighted by molar-refractivity contribution is 5.93. The third-order valence-corrected chi connectivity index (χ3v) is 4.46. The third kappa shape index (κ3) is 3.62. The van der Waals surface area contributed by atoms with Gasteiger partial charge in [-0.2, -0.15) is 5.10 Å². The molecule has 0 aliphatic carbocycles. The van der Waals surface area contributed by atoms with E-state index in [2.05, 4.69) is 30.5 Å². The molecule has 0 saturated carbocycles. The minimum atomic E-state index is -0.474. The molecular formula is C20H18FN7O. The van der Waals surface area contributed by atoms with E-state index in [1.807, 2.05) is 6.92 Å². The lowest BCUT2D eigenvalue weighted by atomic mass is 10.1. The largest absolute Gasteiger partial charge is 0.369 e. The van der Waals surface area contributed by atoms with Crippen LogP contribution in [0.2, 0.25) is 0 Å². The van der Waals surface area contributed by atoms with Crippen LogP contribution in [0, 0.1) is 19.7 Å². The zero-order valence-electron chi connectivity index (χ0n) is 15.8. The number of anilines is 2. The van der Waals surface area contributed by atoms with Gasteiger partial charge in [0.25, 0.3) is 0 Å². The molecule has 9 heteroatoms. The molecule has 0 spiro atoms. The molecule has 0 atom stereocenters. The fraction of sp³-hybridized carbons (Fsp3) is 0.150. The van der Waals surface area contributed by atoms with Crippen molar-refractivity contribution >= 4 is 28.3 Å². The van der Waals surface area contributed by atoms with E-state index >= 15 is 0 Å². The van der Waals surface area contributed by atoms with E-state index in [9.17, 15) is 9.18 Å². The number of amides is 1. The minimum Gasteiger partial charge on any atom is -0.369 e. The number of carbonyl (C=O) groups excluding carboxylic acids is 1. The molecule has 29 heavy (non-hydrogen) atoms. The van der Waals surface area contributed by atoms with Crippen LogP contribution < -0.4 is 11.1 Å². The molecule has 4 aromatic rings. The Morgan fingerprint density at radius 3 is 2.79 bits per heavy atom. The fourth-order valence-corrected chi connectivity index (χ4v) is 3.02. The smallest absolute Gasteiger partial charge is 0.223 e. The predicted octanol–water partition coefficient (Wildman–Crippen LogP) is 2.94. The van der Waals surface area contributed by atoms with E-state index in [0.29, 0.717) is 33.8 Å². The molecule has 4 aromatic heterocycles. The highest BCUT2D eigenvalue weighted by Crippen LogP contribution is 2.29. The number of rotatable bonds is 5. The Morgan fingerprint density at radius 1 is 1.17 bits per heavy atom. The molecule has 0 bridgehead atoms. The van der Waals surface area contributed by atoms with Crippen molar-refractivity contribution in [3.8, 4) is 11.4 Å². The van der Waals surface area contributed by atoms with Gasteiger partial charge >= 0.3 is 0 Å². The molecule has 0 radical (unpaired) electrons. The summed E-state index contributed by atoms with van der Waals surface area (Å²) in [5.74, 6) is -0.911. The van der Waals surface area contributed by atoms with Gasteiger partial charge in [0, 0.05) is 23.8 Å². The summed E-state index contributed by atoms with van der Waals surface area (Å²) in [4.78, 5) is 24.1. The molecule has 146 valence electrons. The Hall–Kier alpha value is -3.88. The van der Waals surface area contributed by atoms with Crippen LogP contribution >= 0.6 is 0 Å². The summed E-state index contributed by atoms with van der Waals surface area (Å²) < 4.78 is 14.2. The quantitative estimate of drug-likeness (QED) is 0.481. The van der Waals surface area contributed by atoms with Crippen molar-refractivity contribution in [2.24, 2.45) is 5.73 Å². The molecule has 0 aromatic carbocycles. The second-order valence-electron chi connectivity index (χ2n) is 6.69. The number of aromatic amines is 1. The maximum Gasteiger partial charge on any atom is 0.223 e. The Balaban J connectivity index is 1.74. The van der Waals surface area contributed by atoms with Crippen LogP contribution in [-0.4, -0.2) is 31.1 Å². The zero-order chi connectivity index (χ0) is 20.5. The number of halogens is 1. The molecule has 0 aliphatic rings. The number of primary amides is 1. The molecule has 4 N–H and O–H groups in total. The average Bonchev–Trinajstić information content (AvgIpc) is 3.09. The van der Waals surface area contributed by atoms with Gasteiger partial charge in [0.05, 0.1) is 23.5 Å². The van der Waals surface area contributed by atoms with Crippen LogP contribution in [-0.2, 0) is 11.2 Å². The molecule has 0 saturated heterocycles. The number of hydrogen-bond donors (Lipinski definition) is 3. The zero-order valence-corrected chi connectivity index (χ0v) is 15.8. The van der Waals surface area contributed by atoms with Gasteiger partial charge in [-0.1, -0.05) is 0 Å². The van der Waals surface area contributed by atoms with E-state index in [0.717, 1.165) is 11.3 Å².